The third kappa shape index (κ3) is 2.77. The van der Waals surface area contributed by atoms with Crippen molar-refractivity contribution in [2.24, 2.45) is 7.05 Å². The zero-order valence-corrected chi connectivity index (χ0v) is 11.6. The maximum atomic E-state index is 6.12. The summed E-state index contributed by atoms with van der Waals surface area (Å²) in [6, 6.07) is 0. The standard InChI is InChI=1S/C13H24N4O/c1-4-5-11-12(14)13(17(3)15-11)18-10-6-8-16(2)9-7-10/h10H,4-9,14H2,1-3H3. The molecular weight excluding hydrogens is 228 g/mol. The van der Waals surface area contributed by atoms with Crippen molar-refractivity contribution in [1.29, 1.82) is 0 Å². The Morgan fingerprint density at radius 2 is 2.00 bits per heavy atom. The van der Waals surface area contributed by atoms with Crippen molar-refractivity contribution in [2.75, 3.05) is 25.9 Å². The first-order valence-electron chi connectivity index (χ1n) is 6.78. The molecule has 18 heavy (non-hydrogen) atoms. The molecular formula is C13H24N4O. The van der Waals surface area contributed by atoms with Gasteiger partial charge in [-0.2, -0.15) is 5.10 Å². The first-order chi connectivity index (χ1) is 8.61. The highest BCUT2D eigenvalue weighted by atomic mass is 16.5. The molecule has 0 atom stereocenters. The number of hydrogen-bond donors (Lipinski definition) is 1. The van der Waals surface area contributed by atoms with E-state index in [-0.39, 0.29) is 6.10 Å². The second-order valence-corrected chi connectivity index (χ2v) is 5.16. The van der Waals surface area contributed by atoms with Gasteiger partial charge in [0.05, 0.1) is 5.69 Å². The summed E-state index contributed by atoms with van der Waals surface area (Å²) in [5, 5.41) is 4.44. The van der Waals surface area contributed by atoms with Crippen molar-refractivity contribution in [3.05, 3.63) is 5.69 Å². The summed E-state index contributed by atoms with van der Waals surface area (Å²) in [5.41, 5.74) is 7.80. The van der Waals surface area contributed by atoms with Crippen LogP contribution >= 0.6 is 0 Å². The Kier molecular flexibility index (Phi) is 4.11. The number of aryl methyl sites for hydroxylation is 2. The van der Waals surface area contributed by atoms with Gasteiger partial charge in [0.25, 0.3) is 0 Å². The number of nitrogen functional groups attached to an aromatic ring is 1. The number of nitrogens with two attached hydrogens (primary N) is 1. The molecule has 0 spiro atoms. The molecule has 102 valence electrons. The van der Waals surface area contributed by atoms with Crippen molar-refractivity contribution in [3.63, 3.8) is 0 Å². The molecule has 2 rings (SSSR count). The fourth-order valence-corrected chi connectivity index (χ4v) is 2.40. The average molecular weight is 252 g/mol. The van der Waals surface area contributed by atoms with E-state index in [4.69, 9.17) is 10.5 Å². The van der Waals surface area contributed by atoms with Gasteiger partial charge in [-0.3, -0.25) is 0 Å². The molecule has 1 aromatic heterocycles. The number of anilines is 1. The van der Waals surface area contributed by atoms with Gasteiger partial charge in [-0.25, -0.2) is 4.68 Å². The molecule has 1 aliphatic rings. The Balaban J connectivity index is 2.04. The second-order valence-electron chi connectivity index (χ2n) is 5.16. The van der Waals surface area contributed by atoms with Gasteiger partial charge in [0, 0.05) is 20.1 Å². The summed E-state index contributed by atoms with van der Waals surface area (Å²) in [5.74, 6) is 0.744. The number of piperidine rings is 1. The number of aromatic nitrogens is 2. The Morgan fingerprint density at radius 3 is 2.61 bits per heavy atom. The molecule has 1 aromatic rings. The predicted octanol–water partition coefficient (Wildman–Crippen LogP) is 1.43. The molecule has 0 bridgehead atoms. The Bertz CT molecular complexity index is 394. The fourth-order valence-electron chi connectivity index (χ4n) is 2.40. The molecule has 0 aromatic carbocycles. The van der Waals surface area contributed by atoms with E-state index in [2.05, 4.69) is 24.0 Å². The Hall–Kier alpha value is -1.23. The zero-order chi connectivity index (χ0) is 13.1. The lowest BCUT2D eigenvalue weighted by Crippen LogP contribution is -2.36. The molecule has 5 heteroatoms. The van der Waals surface area contributed by atoms with Gasteiger partial charge in [-0.05, 0) is 26.3 Å². The van der Waals surface area contributed by atoms with Crippen LogP contribution in [0, 0.1) is 0 Å². The van der Waals surface area contributed by atoms with E-state index in [1.165, 1.54) is 0 Å². The normalized spacial score (nSPS) is 18.2. The van der Waals surface area contributed by atoms with Crippen LogP contribution in [0.5, 0.6) is 5.88 Å². The molecule has 0 radical (unpaired) electrons. The molecule has 0 aliphatic carbocycles. The molecule has 0 amide bonds. The van der Waals surface area contributed by atoms with Crippen LogP contribution in [0.2, 0.25) is 0 Å². The van der Waals surface area contributed by atoms with Crippen LogP contribution in [0.4, 0.5) is 5.69 Å². The zero-order valence-electron chi connectivity index (χ0n) is 11.6. The lowest BCUT2D eigenvalue weighted by atomic mass is 10.1. The summed E-state index contributed by atoms with van der Waals surface area (Å²) in [4.78, 5) is 2.33. The molecule has 0 unspecified atom stereocenters. The molecule has 1 saturated heterocycles. The number of ether oxygens (including phenoxy) is 1. The highest BCUT2D eigenvalue weighted by Gasteiger charge is 2.22. The summed E-state index contributed by atoms with van der Waals surface area (Å²) in [6.45, 7) is 4.31. The quantitative estimate of drug-likeness (QED) is 0.880. The van der Waals surface area contributed by atoms with E-state index >= 15 is 0 Å². The highest BCUT2D eigenvalue weighted by molar-refractivity contribution is 5.53. The van der Waals surface area contributed by atoms with E-state index in [9.17, 15) is 0 Å². The van der Waals surface area contributed by atoms with E-state index in [0.717, 1.165) is 56.0 Å². The number of likely N-dealkylation sites (tertiary alicyclic amines) is 1. The van der Waals surface area contributed by atoms with E-state index < -0.39 is 0 Å². The molecule has 1 aliphatic heterocycles. The fraction of sp³-hybridized carbons (Fsp3) is 0.769. The van der Waals surface area contributed by atoms with Gasteiger partial charge in [0.2, 0.25) is 5.88 Å². The van der Waals surface area contributed by atoms with Crippen LogP contribution in [0.3, 0.4) is 0 Å². The summed E-state index contributed by atoms with van der Waals surface area (Å²) in [6.07, 6.45) is 4.35. The minimum Gasteiger partial charge on any atom is -0.473 e. The van der Waals surface area contributed by atoms with Crippen LogP contribution < -0.4 is 10.5 Å². The lowest BCUT2D eigenvalue weighted by molar-refractivity contribution is 0.106. The average Bonchev–Trinajstić information content (AvgIpc) is 2.60. The van der Waals surface area contributed by atoms with Crippen molar-refractivity contribution in [1.82, 2.24) is 14.7 Å². The first kappa shape index (κ1) is 13.2. The third-order valence-electron chi connectivity index (χ3n) is 3.54. The monoisotopic (exact) mass is 252 g/mol. The van der Waals surface area contributed by atoms with Gasteiger partial charge >= 0.3 is 0 Å². The number of nitrogens with zero attached hydrogens (tertiary/aromatic N) is 3. The largest absolute Gasteiger partial charge is 0.473 e. The Morgan fingerprint density at radius 1 is 1.33 bits per heavy atom. The van der Waals surface area contributed by atoms with Gasteiger partial charge in [-0.15, -0.1) is 0 Å². The van der Waals surface area contributed by atoms with Crippen molar-refractivity contribution < 1.29 is 4.74 Å². The summed E-state index contributed by atoms with van der Waals surface area (Å²) >= 11 is 0. The van der Waals surface area contributed by atoms with Crippen LogP contribution in [0.1, 0.15) is 31.9 Å². The van der Waals surface area contributed by atoms with E-state index in [0.29, 0.717) is 0 Å². The maximum absolute atomic E-state index is 6.12. The van der Waals surface area contributed by atoms with Gasteiger partial charge < -0.3 is 15.4 Å². The molecule has 1 fully saturated rings. The van der Waals surface area contributed by atoms with Crippen LogP contribution in [-0.4, -0.2) is 40.9 Å². The molecule has 0 saturated carbocycles. The van der Waals surface area contributed by atoms with Crippen molar-refractivity contribution in [3.8, 4) is 5.88 Å². The Labute approximate surface area is 109 Å². The van der Waals surface area contributed by atoms with Crippen molar-refractivity contribution in [2.45, 2.75) is 38.7 Å². The van der Waals surface area contributed by atoms with E-state index in [1.807, 2.05) is 7.05 Å². The maximum Gasteiger partial charge on any atom is 0.236 e. The summed E-state index contributed by atoms with van der Waals surface area (Å²) in [7, 11) is 4.05. The predicted molar refractivity (Wildman–Crippen MR) is 72.8 cm³/mol. The lowest BCUT2D eigenvalue weighted by Gasteiger charge is -2.29. The minimum absolute atomic E-state index is 0.272. The highest BCUT2D eigenvalue weighted by Crippen LogP contribution is 2.28. The van der Waals surface area contributed by atoms with Gasteiger partial charge in [0.15, 0.2) is 0 Å². The van der Waals surface area contributed by atoms with Crippen molar-refractivity contribution >= 4 is 5.69 Å². The summed E-state index contributed by atoms with van der Waals surface area (Å²) < 4.78 is 7.82. The smallest absolute Gasteiger partial charge is 0.236 e. The number of rotatable bonds is 4. The number of hydrogen-bond acceptors (Lipinski definition) is 4. The topological polar surface area (TPSA) is 56.3 Å². The van der Waals surface area contributed by atoms with Crippen LogP contribution in [-0.2, 0) is 13.5 Å². The van der Waals surface area contributed by atoms with Crippen LogP contribution in [0.25, 0.3) is 0 Å². The third-order valence-corrected chi connectivity index (χ3v) is 3.54. The molecule has 2 N–H and O–H groups in total. The minimum atomic E-state index is 0.272. The molecule has 2 heterocycles. The van der Waals surface area contributed by atoms with Gasteiger partial charge in [-0.1, -0.05) is 13.3 Å². The second kappa shape index (κ2) is 5.61. The van der Waals surface area contributed by atoms with Gasteiger partial charge in [0.1, 0.15) is 11.8 Å². The SMILES string of the molecule is CCCc1nn(C)c(OC2CCN(C)CC2)c1N. The first-order valence-corrected chi connectivity index (χ1v) is 6.78. The van der Waals surface area contributed by atoms with Crippen LogP contribution in [0.15, 0.2) is 0 Å². The van der Waals surface area contributed by atoms with E-state index in [1.54, 1.807) is 4.68 Å². The molecule has 5 nitrogen and oxygen atoms in total.